The maximum atomic E-state index is 6.15. The van der Waals surface area contributed by atoms with E-state index in [2.05, 4.69) is 120 Å². The molecule has 230 valence electrons. The molecule has 0 fully saturated rings. The Morgan fingerprint density at radius 3 is 1.63 bits per heavy atom. The van der Waals surface area contributed by atoms with Gasteiger partial charge in [0, 0.05) is 39.2 Å². The number of hydrogen-bond donors (Lipinski definition) is 0. The van der Waals surface area contributed by atoms with Gasteiger partial charge in [-0.15, -0.1) is 0 Å². The Morgan fingerprint density at radius 1 is 0.327 bits per heavy atom. The van der Waals surface area contributed by atoms with Crippen LogP contribution in [-0.2, 0) is 0 Å². The lowest BCUT2D eigenvalue weighted by atomic mass is 9.94. The predicted octanol–water partition coefficient (Wildman–Crippen LogP) is 11.8. The summed E-state index contributed by atoms with van der Waals surface area (Å²) < 4.78 is 6.15. The van der Waals surface area contributed by atoms with Crippen LogP contribution < -0.4 is 0 Å². The third kappa shape index (κ3) is 5.56. The number of rotatable bonds is 6. The molecule has 3 heterocycles. The van der Waals surface area contributed by atoms with Crippen molar-refractivity contribution < 1.29 is 4.42 Å². The van der Waals surface area contributed by atoms with Crippen LogP contribution >= 0.6 is 0 Å². The van der Waals surface area contributed by atoms with Gasteiger partial charge < -0.3 is 4.42 Å². The Morgan fingerprint density at radius 2 is 0.898 bits per heavy atom. The number of furan rings is 1. The van der Waals surface area contributed by atoms with E-state index in [1.807, 2.05) is 60.8 Å². The third-order valence-corrected chi connectivity index (χ3v) is 8.95. The molecule has 0 amide bonds. The molecule has 49 heavy (non-hydrogen) atoms. The minimum absolute atomic E-state index is 0.680. The van der Waals surface area contributed by atoms with Crippen molar-refractivity contribution in [3.63, 3.8) is 0 Å². The Kier molecular flexibility index (Phi) is 7.10. The van der Waals surface area contributed by atoms with Crippen LogP contribution in [0, 0.1) is 0 Å². The summed E-state index contributed by atoms with van der Waals surface area (Å²) in [6.07, 6.45) is 1.82. The molecule has 0 aliphatic rings. The first-order chi connectivity index (χ1) is 24.2. The maximum Gasteiger partial charge on any atom is 0.160 e. The zero-order valence-electron chi connectivity index (χ0n) is 26.5. The summed E-state index contributed by atoms with van der Waals surface area (Å²) in [5.74, 6) is 0.680. The molecule has 0 atom stereocenters. The van der Waals surface area contributed by atoms with Crippen molar-refractivity contribution in [1.29, 1.82) is 0 Å². The molecule has 4 heteroatoms. The minimum atomic E-state index is 0.680. The van der Waals surface area contributed by atoms with E-state index < -0.39 is 0 Å². The lowest BCUT2D eigenvalue weighted by Crippen LogP contribution is -1.96. The molecule has 0 saturated carbocycles. The van der Waals surface area contributed by atoms with Crippen molar-refractivity contribution in [2.24, 2.45) is 0 Å². The maximum absolute atomic E-state index is 6.15. The fraction of sp³-hybridized carbons (Fsp3) is 0. The average molecular weight is 628 g/mol. The second-order valence-corrected chi connectivity index (χ2v) is 12.1. The highest BCUT2D eigenvalue weighted by Crippen LogP contribution is 2.37. The van der Waals surface area contributed by atoms with E-state index in [1.54, 1.807) is 0 Å². The van der Waals surface area contributed by atoms with Crippen LogP contribution in [0.15, 0.2) is 180 Å². The SMILES string of the molecule is c1ccc(-c2cc(-c3ccc4oc5ccccc5c4c3)cc(-c3cc(-c4ccc(-c5ccccn5)cc4)nc(-c4ccccc4)n3)c2)cc1. The molecular weight excluding hydrogens is 599 g/mol. The van der Waals surface area contributed by atoms with Crippen LogP contribution in [0.5, 0.6) is 0 Å². The topological polar surface area (TPSA) is 51.8 Å². The van der Waals surface area contributed by atoms with Gasteiger partial charge in [0.25, 0.3) is 0 Å². The van der Waals surface area contributed by atoms with Gasteiger partial charge in [-0.3, -0.25) is 4.98 Å². The second-order valence-electron chi connectivity index (χ2n) is 12.1. The first-order valence-electron chi connectivity index (χ1n) is 16.3. The van der Waals surface area contributed by atoms with Crippen molar-refractivity contribution in [1.82, 2.24) is 15.0 Å². The van der Waals surface area contributed by atoms with Gasteiger partial charge in [-0.05, 0) is 76.9 Å². The highest BCUT2D eigenvalue weighted by Gasteiger charge is 2.15. The van der Waals surface area contributed by atoms with Gasteiger partial charge in [-0.1, -0.05) is 115 Å². The van der Waals surface area contributed by atoms with Gasteiger partial charge >= 0.3 is 0 Å². The Balaban J connectivity index is 1.22. The quantitative estimate of drug-likeness (QED) is 0.184. The number of nitrogens with zero attached hydrogens (tertiary/aromatic N) is 3. The van der Waals surface area contributed by atoms with Gasteiger partial charge in [0.1, 0.15) is 11.2 Å². The number of fused-ring (bicyclic) bond motifs is 3. The number of benzene rings is 6. The van der Waals surface area contributed by atoms with Crippen LogP contribution in [0.1, 0.15) is 0 Å². The summed E-state index contributed by atoms with van der Waals surface area (Å²) in [6.45, 7) is 0. The van der Waals surface area contributed by atoms with Gasteiger partial charge in [0.2, 0.25) is 0 Å². The summed E-state index contributed by atoms with van der Waals surface area (Å²) in [4.78, 5) is 14.8. The molecule has 0 unspecified atom stereocenters. The van der Waals surface area contributed by atoms with Gasteiger partial charge in [0.05, 0.1) is 17.1 Å². The van der Waals surface area contributed by atoms with Crippen molar-refractivity contribution >= 4 is 21.9 Å². The predicted molar refractivity (Wildman–Crippen MR) is 200 cm³/mol. The Labute approximate surface area is 284 Å². The molecule has 4 nitrogen and oxygen atoms in total. The van der Waals surface area contributed by atoms with E-state index in [9.17, 15) is 0 Å². The van der Waals surface area contributed by atoms with E-state index in [4.69, 9.17) is 14.4 Å². The zero-order valence-corrected chi connectivity index (χ0v) is 26.5. The molecule has 0 bridgehead atoms. The van der Waals surface area contributed by atoms with Crippen LogP contribution in [0.2, 0.25) is 0 Å². The molecule has 9 rings (SSSR count). The van der Waals surface area contributed by atoms with Gasteiger partial charge in [0.15, 0.2) is 5.82 Å². The Hall–Kier alpha value is -6.65. The Bertz CT molecular complexity index is 2580. The summed E-state index contributed by atoms with van der Waals surface area (Å²) in [7, 11) is 0. The van der Waals surface area contributed by atoms with Crippen LogP contribution in [-0.4, -0.2) is 15.0 Å². The molecule has 0 aliphatic heterocycles. The molecule has 0 saturated heterocycles. The zero-order chi connectivity index (χ0) is 32.6. The van der Waals surface area contributed by atoms with E-state index in [-0.39, 0.29) is 0 Å². The van der Waals surface area contributed by atoms with Crippen molar-refractivity contribution in [3.05, 3.63) is 176 Å². The normalized spacial score (nSPS) is 11.3. The molecule has 0 N–H and O–H groups in total. The average Bonchev–Trinajstić information content (AvgIpc) is 3.57. The number of hydrogen-bond acceptors (Lipinski definition) is 4. The standard InChI is InChI=1S/C45H29N3O/c1-3-11-30(12-4-1)35-25-36(34-22-23-44-39(28-34)38-15-7-8-17-43(38)49-44)27-37(26-35)42-29-41(47-45(48-42)33-13-5-2-6-14-33)32-20-18-31(19-21-32)40-16-9-10-24-46-40/h1-29H. The van der Waals surface area contributed by atoms with Crippen molar-refractivity contribution in [2.45, 2.75) is 0 Å². The molecule has 0 aliphatic carbocycles. The monoisotopic (exact) mass is 627 g/mol. The molecule has 0 spiro atoms. The highest BCUT2D eigenvalue weighted by molar-refractivity contribution is 6.06. The third-order valence-electron chi connectivity index (χ3n) is 8.95. The molecular formula is C45H29N3O. The van der Waals surface area contributed by atoms with Gasteiger partial charge in [-0.2, -0.15) is 0 Å². The molecule has 3 aromatic heterocycles. The lowest BCUT2D eigenvalue weighted by molar-refractivity contribution is 0.669. The van der Waals surface area contributed by atoms with Gasteiger partial charge in [-0.25, -0.2) is 9.97 Å². The fourth-order valence-corrected chi connectivity index (χ4v) is 6.45. The number of pyridine rings is 1. The summed E-state index contributed by atoms with van der Waals surface area (Å²) in [5.41, 5.74) is 12.9. The molecule has 9 aromatic rings. The molecule has 0 radical (unpaired) electrons. The van der Waals surface area contributed by atoms with Crippen molar-refractivity contribution in [2.75, 3.05) is 0 Å². The number of para-hydroxylation sites is 1. The first-order valence-corrected chi connectivity index (χ1v) is 16.3. The lowest BCUT2D eigenvalue weighted by Gasteiger charge is -2.13. The highest BCUT2D eigenvalue weighted by atomic mass is 16.3. The minimum Gasteiger partial charge on any atom is -0.456 e. The summed E-state index contributed by atoms with van der Waals surface area (Å²) in [6, 6.07) is 58.6. The van der Waals surface area contributed by atoms with E-state index in [0.29, 0.717) is 5.82 Å². The fourth-order valence-electron chi connectivity index (χ4n) is 6.45. The number of aromatic nitrogens is 3. The largest absolute Gasteiger partial charge is 0.456 e. The summed E-state index contributed by atoms with van der Waals surface area (Å²) in [5, 5.41) is 2.21. The van der Waals surface area contributed by atoms with E-state index >= 15 is 0 Å². The van der Waals surface area contributed by atoms with E-state index in [0.717, 1.165) is 83.5 Å². The van der Waals surface area contributed by atoms with Crippen LogP contribution in [0.4, 0.5) is 0 Å². The molecule has 6 aromatic carbocycles. The second kappa shape index (κ2) is 12.2. The van der Waals surface area contributed by atoms with Crippen LogP contribution in [0.3, 0.4) is 0 Å². The summed E-state index contributed by atoms with van der Waals surface area (Å²) >= 11 is 0. The van der Waals surface area contributed by atoms with E-state index in [1.165, 1.54) is 0 Å². The van der Waals surface area contributed by atoms with Crippen molar-refractivity contribution in [3.8, 4) is 67.4 Å². The van der Waals surface area contributed by atoms with Crippen LogP contribution in [0.25, 0.3) is 89.4 Å². The first kappa shape index (κ1) is 28.6. The smallest absolute Gasteiger partial charge is 0.160 e.